The second-order valence-corrected chi connectivity index (χ2v) is 7.26. The highest BCUT2D eigenvalue weighted by atomic mass is 16.5. The van der Waals surface area contributed by atoms with Gasteiger partial charge in [0.15, 0.2) is 17.8 Å². The number of benzene rings is 1. The van der Waals surface area contributed by atoms with Gasteiger partial charge in [-0.15, -0.1) is 0 Å². The second-order valence-electron chi connectivity index (χ2n) is 7.26. The van der Waals surface area contributed by atoms with E-state index in [0.29, 0.717) is 17.7 Å². The Hall–Kier alpha value is -2.08. The normalized spacial score (nSPS) is 25.8. The Morgan fingerprint density at radius 2 is 1.84 bits per heavy atom. The molecule has 4 N–H and O–H groups in total. The number of hydrogen-bond acceptors (Lipinski definition) is 6. The zero-order valence-corrected chi connectivity index (χ0v) is 15.5. The third-order valence-electron chi connectivity index (χ3n) is 5.26. The molecule has 1 saturated carbocycles. The first kappa shape index (κ1) is 17.7. The summed E-state index contributed by atoms with van der Waals surface area (Å²) in [5.74, 6) is 2.90. The smallest absolute Gasteiger partial charge is 0.192 e. The van der Waals surface area contributed by atoms with Crippen molar-refractivity contribution >= 4 is 12.1 Å². The van der Waals surface area contributed by atoms with E-state index in [4.69, 9.17) is 20.9 Å². The molecule has 2 aliphatic rings. The number of methoxy groups -OCH3 is 2. The van der Waals surface area contributed by atoms with Crippen molar-refractivity contribution in [1.82, 2.24) is 0 Å². The van der Waals surface area contributed by atoms with E-state index in [0.717, 1.165) is 30.8 Å². The number of aliphatic imine (C=N–C) groups is 2. The molecule has 2 unspecified atom stereocenters. The van der Waals surface area contributed by atoms with Crippen molar-refractivity contribution in [3.8, 4) is 11.5 Å². The lowest BCUT2D eigenvalue weighted by Gasteiger charge is -2.34. The molecule has 6 heteroatoms. The fraction of sp³-hybridized carbons (Fsp3) is 0.579. The molecule has 0 spiro atoms. The topological polar surface area (TPSA) is 95.2 Å². The molecule has 3 rings (SSSR count). The molecule has 1 aliphatic heterocycles. The molecule has 2 atom stereocenters. The SMILES string of the molecule is COc1cc(CC2(C3CC3)C=NC(N)N=C2N)c(C(C)C)cc1OC. The van der Waals surface area contributed by atoms with Gasteiger partial charge in [0.05, 0.1) is 19.6 Å². The van der Waals surface area contributed by atoms with Crippen LogP contribution in [0, 0.1) is 11.3 Å². The van der Waals surface area contributed by atoms with Gasteiger partial charge in [0.2, 0.25) is 0 Å². The Kier molecular flexibility index (Phi) is 4.73. The molecular weight excluding hydrogens is 316 g/mol. The summed E-state index contributed by atoms with van der Waals surface area (Å²) >= 11 is 0. The molecule has 6 nitrogen and oxygen atoms in total. The van der Waals surface area contributed by atoms with Gasteiger partial charge in [-0.3, -0.25) is 10.7 Å². The summed E-state index contributed by atoms with van der Waals surface area (Å²) in [5, 5.41) is 0. The molecule has 0 aromatic heterocycles. The van der Waals surface area contributed by atoms with Gasteiger partial charge < -0.3 is 15.2 Å². The van der Waals surface area contributed by atoms with Crippen LogP contribution in [0.25, 0.3) is 0 Å². The molecule has 0 saturated heterocycles. The average Bonchev–Trinajstić information content (AvgIpc) is 3.42. The average molecular weight is 344 g/mol. The van der Waals surface area contributed by atoms with Crippen molar-refractivity contribution in [2.75, 3.05) is 14.2 Å². The Labute approximate surface area is 149 Å². The highest BCUT2D eigenvalue weighted by Crippen LogP contribution is 2.49. The predicted octanol–water partition coefficient (Wildman–Crippen LogP) is 2.45. The Balaban J connectivity index is 2.06. The standard InChI is InChI=1S/C19H28N4O2/c1-11(2)14-8-16(25-4)15(24-3)7-12(14)9-19(13-5-6-13)10-22-18(21)23-17(19)20/h7-8,10-11,13,18H,5-6,9,21H2,1-4H3,(H2,20,23). The van der Waals surface area contributed by atoms with Crippen LogP contribution < -0.4 is 20.9 Å². The van der Waals surface area contributed by atoms with E-state index in [1.165, 1.54) is 11.1 Å². The van der Waals surface area contributed by atoms with E-state index in [1.807, 2.05) is 6.21 Å². The first-order chi connectivity index (χ1) is 11.9. The molecule has 1 aromatic carbocycles. The minimum Gasteiger partial charge on any atom is -0.493 e. The maximum Gasteiger partial charge on any atom is 0.192 e. The largest absolute Gasteiger partial charge is 0.493 e. The van der Waals surface area contributed by atoms with Gasteiger partial charge in [-0.1, -0.05) is 13.8 Å². The van der Waals surface area contributed by atoms with Gasteiger partial charge in [0.1, 0.15) is 5.84 Å². The van der Waals surface area contributed by atoms with E-state index in [2.05, 4.69) is 36.0 Å². The van der Waals surface area contributed by atoms with Crippen LogP contribution in [0.5, 0.6) is 11.5 Å². The number of hydrogen-bond donors (Lipinski definition) is 2. The molecule has 0 radical (unpaired) electrons. The fourth-order valence-electron chi connectivity index (χ4n) is 3.71. The number of nitrogens with two attached hydrogens (primary N) is 2. The molecule has 1 fully saturated rings. The summed E-state index contributed by atoms with van der Waals surface area (Å²) < 4.78 is 11.0. The molecule has 25 heavy (non-hydrogen) atoms. The summed E-state index contributed by atoms with van der Waals surface area (Å²) in [6, 6.07) is 4.13. The summed E-state index contributed by atoms with van der Waals surface area (Å²) in [6.07, 6.45) is 4.39. The monoisotopic (exact) mass is 344 g/mol. The van der Waals surface area contributed by atoms with Crippen molar-refractivity contribution in [3.05, 3.63) is 23.3 Å². The lowest BCUT2D eigenvalue weighted by atomic mass is 9.74. The second kappa shape index (κ2) is 6.67. The molecule has 1 aromatic rings. The van der Waals surface area contributed by atoms with E-state index in [1.54, 1.807) is 14.2 Å². The minimum atomic E-state index is -0.582. The van der Waals surface area contributed by atoms with Gasteiger partial charge in [-0.25, -0.2) is 4.99 Å². The predicted molar refractivity (Wildman–Crippen MR) is 101 cm³/mol. The Morgan fingerprint density at radius 3 is 2.36 bits per heavy atom. The molecule has 136 valence electrons. The van der Waals surface area contributed by atoms with Crippen LogP contribution in [0.4, 0.5) is 0 Å². The highest BCUT2D eigenvalue weighted by Gasteiger charge is 2.49. The van der Waals surface area contributed by atoms with Gasteiger partial charge in [0, 0.05) is 6.21 Å². The van der Waals surface area contributed by atoms with Gasteiger partial charge >= 0.3 is 0 Å². The van der Waals surface area contributed by atoms with Crippen LogP contribution in [-0.4, -0.2) is 32.6 Å². The number of rotatable bonds is 6. The van der Waals surface area contributed by atoms with Crippen molar-refractivity contribution in [2.45, 2.75) is 45.3 Å². The van der Waals surface area contributed by atoms with Crippen molar-refractivity contribution in [3.63, 3.8) is 0 Å². The zero-order valence-electron chi connectivity index (χ0n) is 15.5. The minimum absolute atomic E-state index is 0.348. The summed E-state index contributed by atoms with van der Waals surface area (Å²) in [6.45, 7) is 4.35. The van der Waals surface area contributed by atoms with Crippen LogP contribution in [-0.2, 0) is 6.42 Å². The lowest BCUT2D eigenvalue weighted by Crippen LogP contribution is -2.47. The van der Waals surface area contributed by atoms with E-state index >= 15 is 0 Å². The number of ether oxygens (including phenoxy) is 2. The fourth-order valence-corrected chi connectivity index (χ4v) is 3.71. The quantitative estimate of drug-likeness (QED) is 0.828. The van der Waals surface area contributed by atoms with Gasteiger partial charge in [-0.2, -0.15) is 0 Å². The van der Waals surface area contributed by atoms with Crippen LogP contribution in [0.1, 0.15) is 43.7 Å². The van der Waals surface area contributed by atoms with E-state index in [9.17, 15) is 0 Å². The van der Waals surface area contributed by atoms with Crippen molar-refractivity contribution in [1.29, 1.82) is 0 Å². The summed E-state index contributed by atoms with van der Waals surface area (Å²) in [4.78, 5) is 8.73. The first-order valence-electron chi connectivity index (χ1n) is 8.79. The Bertz CT molecular complexity index is 710. The molecular formula is C19H28N4O2. The Morgan fingerprint density at radius 1 is 1.20 bits per heavy atom. The maximum atomic E-state index is 6.37. The zero-order chi connectivity index (χ0) is 18.2. The summed E-state index contributed by atoms with van der Waals surface area (Å²) in [5.41, 5.74) is 14.3. The molecule has 1 heterocycles. The van der Waals surface area contributed by atoms with Crippen molar-refractivity contribution in [2.24, 2.45) is 32.8 Å². The first-order valence-corrected chi connectivity index (χ1v) is 8.79. The molecule has 0 bridgehead atoms. The third-order valence-corrected chi connectivity index (χ3v) is 5.26. The van der Waals surface area contributed by atoms with Crippen LogP contribution in [0.15, 0.2) is 22.1 Å². The van der Waals surface area contributed by atoms with Crippen LogP contribution >= 0.6 is 0 Å². The van der Waals surface area contributed by atoms with Gasteiger partial charge in [0.25, 0.3) is 0 Å². The third kappa shape index (κ3) is 3.23. The van der Waals surface area contributed by atoms with E-state index in [-0.39, 0.29) is 5.41 Å². The van der Waals surface area contributed by atoms with Gasteiger partial charge in [-0.05, 0) is 54.4 Å². The lowest BCUT2D eigenvalue weighted by molar-refractivity contribution is 0.353. The summed E-state index contributed by atoms with van der Waals surface area (Å²) in [7, 11) is 3.32. The van der Waals surface area contributed by atoms with Crippen molar-refractivity contribution < 1.29 is 9.47 Å². The molecule has 1 aliphatic carbocycles. The van der Waals surface area contributed by atoms with Crippen LogP contribution in [0.3, 0.4) is 0 Å². The maximum absolute atomic E-state index is 6.37. The molecule has 0 amide bonds. The number of amidine groups is 1. The van der Waals surface area contributed by atoms with E-state index < -0.39 is 6.29 Å². The number of nitrogens with zero attached hydrogens (tertiary/aromatic N) is 2. The highest BCUT2D eigenvalue weighted by molar-refractivity contribution is 6.03. The van der Waals surface area contributed by atoms with Crippen LogP contribution in [0.2, 0.25) is 0 Å².